The SMILES string of the molecule is O=C(NC1CC1)c1cc(Br)ccn1. The summed E-state index contributed by atoms with van der Waals surface area (Å²) in [4.78, 5) is 15.4. The number of nitrogens with one attached hydrogen (secondary N) is 1. The van der Waals surface area contributed by atoms with Gasteiger partial charge in [-0.3, -0.25) is 9.78 Å². The van der Waals surface area contributed by atoms with Crippen molar-refractivity contribution in [1.82, 2.24) is 10.3 Å². The topological polar surface area (TPSA) is 42.0 Å². The zero-order chi connectivity index (χ0) is 9.26. The maximum Gasteiger partial charge on any atom is 0.270 e. The zero-order valence-corrected chi connectivity index (χ0v) is 8.54. The summed E-state index contributed by atoms with van der Waals surface area (Å²) in [7, 11) is 0. The fourth-order valence-electron chi connectivity index (χ4n) is 1.02. The minimum absolute atomic E-state index is 0.0798. The number of hydrogen-bond acceptors (Lipinski definition) is 2. The third-order valence-corrected chi connectivity index (χ3v) is 2.36. The summed E-state index contributed by atoms with van der Waals surface area (Å²) < 4.78 is 0.878. The molecule has 3 nitrogen and oxygen atoms in total. The molecule has 0 radical (unpaired) electrons. The van der Waals surface area contributed by atoms with Crippen LogP contribution >= 0.6 is 15.9 Å². The van der Waals surface area contributed by atoms with Crippen molar-refractivity contribution in [1.29, 1.82) is 0 Å². The first-order valence-electron chi connectivity index (χ1n) is 4.18. The Morgan fingerprint density at radius 2 is 2.38 bits per heavy atom. The van der Waals surface area contributed by atoms with E-state index in [4.69, 9.17) is 0 Å². The van der Waals surface area contributed by atoms with Crippen molar-refractivity contribution in [2.45, 2.75) is 18.9 Å². The highest BCUT2D eigenvalue weighted by Crippen LogP contribution is 2.19. The van der Waals surface area contributed by atoms with Crippen molar-refractivity contribution < 1.29 is 4.79 Å². The van der Waals surface area contributed by atoms with E-state index in [9.17, 15) is 4.79 Å². The molecule has 13 heavy (non-hydrogen) atoms. The first kappa shape index (κ1) is 8.69. The van der Waals surface area contributed by atoms with Crippen LogP contribution in [0.5, 0.6) is 0 Å². The van der Waals surface area contributed by atoms with E-state index in [-0.39, 0.29) is 5.91 Å². The second-order valence-electron chi connectivity index (χ2n) is 3.11. The third kappa shape index (κ3) is 2.28. The smallest absolute Gasteiger partial charge is 0.270 e. The van der Waals surface area contributed by atoms with Gasteiger partial charge in [0.2, 0.25) is 0 Å². The summed E-state index contributed by atoms with van der Waals surface area (Å²) >= 11 is 3.29. The van der Waals surface area contributed by atoms with Gasteiger partial charge in [-0.2, -0.15) is 0 Å². The predicted octanol–water partition coefficient (Wildman–Crippen LogP) is 1.74. The maximum absolute atomic E-state index is 11.5. The number of pyridine rings is 1. The maximum atomic E-state index is 11.5. The summed E-state index contributed by atoms with van der Waals surface area (Å²) in [6.45, 7) is 0. The molecule has 1 aromatic rings. The van der Waals surface area contributed by atoms with Crippen LogP contribution in [0.15, 0.2) is 22.8 Å². The first-order valence-corrected chi connectivity index (χ1v) is 4.97. The highest BCUT2D eigenvalue weighted by atomic mass is 79.9. The van der Waals surface area contributed by atoms with E-state index in [1.807, 2.05) is 0 Å². The minimum Gasteiger partial charge on any atom is -0.348 e. The lowest BCUT2D eigenvalue weighted by Gasteiger charge is -2.01. The van der Waals surface area contributed by atoms with Crippen molar-refractivity contribution in [3.05, 3.63) is 28.5 Å². The molecule has 0 saturated heterocycles. The lowest BCUT2D eigenvalue weighted by molar-refractivity contribution is 0.0946. The number of rotatable bonds is 2. The molecule has 1 aromatic heterocycles. The molecule has 1 saturated carbocycles. The Morgan fingerprint density at radius 1 is 1.62 bits per heavy atom. The van der Waals surface area contributed by atoms with E-state index in [0.717, 1.165) is 17.3 Å². The Bertz CT molecular complexity index is 336. The predicted molar refractivity (Wildman–Crippen MR) is 52.4 cm³/mol. The molecule has 2 rings (SSSR count). The molecule has 0 unspecified atom stereocenters. The van der Waals surface area contributed by atoms with Gasteiger partial charge in [0.1, 0.15) is 5.69 Å². The normalized spacial score (nSPS) is 15.5. The molecule has 0 bridgehead atoms. The van der Waals surface area contributed by atoms with Gasteiger partial charge in [-0.05, 0) is 25.0 Å². The molecule has 1 N–H and O–H groups in total. The van der Waals surface area contributed by atoms with Gasteiger partial charge in [0.05, 0.1) is 0 Å². The van der Waals surface area contributed by atoms with E-state index >= 15 is 0 Å². The number of nitrogens with zero attached hydrogens (tertiary/aromatic N) is 1. The summed E-state index contributed by atoms with van der Waals surface area (Å²) in [6, 6.07) is 3.90. The Morgan fingerprint density at radius 3 is 3.00 bits per heavy atom. The molecule has 1 aliphatic carbocycles. The van der Waals surface area contributed by atoms with Crippen LogP contribution in [0.1, 0.15) is 23.3 Å². The number of carbonyl (C=O) groups excluding carboxylic acids is 1. The molecule has 0 aliphatic heterocycles. The van der Waals surface area contributed by atoms with Crippen molar-refractivity contribution >= 4 is 21.8 Å². The van der Waals surface area contributed by atoms with Gasteiger partial charge in [-0.1, -0.05) is 15.9 Å². The Labute approximate surface area is 84.7 Å². The first-order chi connectivity index (χ1) is 6.25. The fraction of sp³-hybridized carbons (Fsp3) is 0.333. The van der Waals surface area contributed by atoms with Crippen LogP contribution in [-0.2, 0) is 0 Å². The lowest BCUT2D eigenvalue weighted by Crippen LogP contribution is -2.26. The van der Waals surface area contributed by atoms with Crippen LogP contribution in [-0.4, -0.2) is 16.9 Å². The molecule has 1 heterocycles. The number of carbonyl (C=O) groups is 1. The highest BCUT2D eigenvalue weighted by molar-refractivity contribution is 9.10. The summed E-state index contributed by atoms with van der Waals surface area (Å²) in [5.41, 5.74) is 0.473. The molecular formula is C9H9BrN2O. The van der Waals surface area contributed by atoms with Crippen LogP contribution in [0.2, 0.25) is 0 Å². The van der Waals surface area contributed by atoms with Crippen molar-refractivity contribution in [2.24, 2.45) is 0 Å². The van der Waals surface area contributed by atoms with Gasteiger partial charge in [-0.25, -0.2) is 0 Å². The molecule has 1 amide bonds. The van der Waals surface area contributed by atoms with E-state index in [2.05, 4.69) is 26.2 Å². The highest BCUT2D eigenvalue weighted by Gasteiger charge is 2.24. The van der Waals surface area contributed by atoms with Crippen molar-refractivity contribution in [2.75, 3.05) is 0 Å². The van der Waals surface area contributed by atoms with E-state index < -0.39 is 0 Å². The van der Waals surface area contributed by atoms with Crippen molar-refractivity contribution in [3.63, 3.8) is 0 Å². The van der Waals surface area contributed by atoms with Gasteiger partial charge < -0.3 is 5.32 Å². The third-order valence-electron chi connectivity index (χ3n) is 1.87. The molecule has 0 atom stereocenters. The molecule has 4 heteroatoms. The van der Waals surface area contributed by atoms with Crippen LogP contribution < -0.4 is 5.32 Å². The Balaban J connectivity index is 2.09. The summed E-state index contributed by atoms with van der Waals surface area (Å²) in [5.74, 6) is -0.0798. The number of halogens is 1. The van der Waals surface area contributed by atoms with Gasteiger partial charge in [0.15, 0.2) is 0 Å². The number of aromatic nitrogens is 1. The lowest BCUT2D eigenvalue weighted by atomic mass is 10.3. The summed E-state index contributed by atoms with van der Waals surface area (Å²) in [5, 5.41) is 2.88. The fourth-order valence-corrected chi connectivity index (χ4v) is 1.35. The second kappa shape index (κ2) is 3.46. The van der Waals surface area contributed by atoms with Crippen LogP contribution in [0.3, 0.4) is 0 Å². The van der Waals surface area contributed by atoms with Crippen molar-refractivity contribution in [3.8, 4) is 0 Å². The van der Waals surface area contributed by atoms with E-state index in [1.54, 1.807) is 18.3 Å². The van der Waals surface area contributed by atoms with E-state index in [1.165, 1.54) is 0 Å². The molecule has 0 aromatic carbocycles. The van der Waals surface area contributed by atoms with Gasteiger partial charge in [0, 0.05) is 16.7 Å². The Kier molecular flexibility index (Phi) is 2.31. The van der Waals surface area contributed by atoms with Crippen LogP contribution in [0.25, 0.3) is 0 Å². The minimum atomic E-state index is -0.0798. The van der Waals surface area contributed by atoms with Gasteiger partial charge >= 0.3 is 0 Å². The van der Waals surface area contributed by atoms with Crippen LogP contribution in [0.4, 0.5) is 0 Å². The van der Waals surface area contributed by atoms with Gasteiger partial charge in [0.25, 0.3) is 5.91 Å². The average molecular weight is 241 g/mol. The van der Waals surface area contributed by atoms with E-state index in [0.29, 0.717) is 11.7 Å². The molecule has 1 aliphatic rings. The quantitative estimate of drug-likeness (QED) is 0.856. The standard InChI is InChI=1S/C9H9BrN2O/c10-6-3-4-11-8(5-6)9(13)12-7-1-2-7/h3-5,7H,1-2H2,(H,12,13). The molecular weight excluding hydrogens is 232 g/mol. The molecule has 1 fully saturated rings. The monoisotopic (exact) mass is 240 g/mol. The number of hydrogen-bond donors (Lipinski definition) is 1. The van der Waals surface area contributed by atoms with Gasteiger partial charge in [-0.15, -0.1) is 0 Å². The zero-order valence-electron chi connectivity index (χ0n) is 6.96. The Hall–Kier alpha value is -0.900. The largest absolute Gasteiger partial charge is 0.348 e. The molecule has 0 spiro atoms. The summed E-state index contributed by atoms with van der Waals surface area (Å²) in [6.07, 6.45) is 3.81. The molecule has 68 valence electrons. The van der Waals surface area contributed by atoms with Crippen LogP contribution in [0, 0.1) is 0 Å². The average Bonchev–Trinajstić information content (AvgIpc) is 2.88. The second-order valence-corrected chi connectivity index (χ2v) is 4.02. The number of amides is 1.